The maximum Gasteiger partial charge on any atom is 0.572 e. The normalized spacial score (nSPS) is 14.2. The van der Waals surface area contributed by atoms with E-state index in [4.69, 9.17) is 9.84 Å². The smallest absolute Gasteiger partial charge is 0.426 e. The zero-order valence-electron chi connectivity index (χ0n) is 17.9. The molecule has 1 amide bonds. The molecule has 0 aromatic carbocycles. The largest absolute Gasteiger partial charge is 0.572 e. The van der Waals surface area contributed by atoms with Gasteiger partial charge in [-0.25, -0.2) is 0 Å². The number of anilines is 1. The van der Waals surface area contributed by atoms with Crippen LogP contribution >= 0.6 is 0 Å². The molecule has 1 aromatic rings. The van der Waals surface area contributed by atoms with Gasteiger partial charge < -0.3 is 25.2 Å². The van der Waals surface area contributed by atoms with Gasteiger partial charge in [-0.1, -0.05) is 13.8 Å². The molecule has 0 radical (unpaired) electrons. The number of rotatable bonds is 11. The van der Waals surface area contributed by atoms with E-state index in [0.29, 0.717) is 25.3 Å². The summed E-state index contributed by atoms with van der Waals surface area (Å²) in [7, 11) is 1.61. The Morgan fingerprint density at radius 1 is 1.39 bits per heavy atom. The van der Waals surface area contributed by atoms with E-state index in [1.807, 2.05) is 13.8 Å². The van der Waals surface area contributed by atoms with Crippen LogP contribution in [0.25, 0.3) is 0 Å². The van der Waals surface area contributed by atoms with Gasteiger partial charge in [0.25, 0.3) is 5.91 Å². The standard InChI is InChI=1S/C20H29F3N4O4/c1-13(2)8-10-27-16(18(29)25-9-5-11-28)17(24-3)26-19(27)30-14-6-4-7-15(12-14)31-20(21,22)23/h6,12-13,24,28H,4-5,7-11H2,1-3H3,(H,25,29). The molecule has 31 heavy (non-hydrogen) atoms. The maximum absolute atomic E-state index is 12.8. The van der Waals surface area contributed by atoms with Crippen molar-refractivity contribution in [3.63, 3.8) is 0 Å². The van der Waals surface area contributed by atoms with Crippen molar-refractivity contribution in [1.82, 2.24) is 14.9 Å². The van der Waals surface area contributed by atoms with E-state index in [-0.39, 0.29) is 48.6 Å². The lowest BCUT2D eigenvalue weighted by molar-refractivity contribution is -0.306. The van der Waals surface area contributed by atoms with Crippen LogP contribution in [0.2, 0.25) is 0 Å². The van der Waals surface area contributed by atoms with Crippen LogP contribution in [-0.2, 0) is 11.3 Å². The Labute approximate surface area is 179 Å². The highest BCUT2D eigenvalue weighted by Crippen LogP contribution is 2.30. The number of hydrogen-bond acceptors (Lipinski definition) is 6. The molecule has 0 saturated carbocycles. The quantitative estimate of drug-likeness (QED) is 0.450. The van der Waals surface area contributed by atoms with Crippen molar-refractivity contribution < 1.29 is 32.5 Å². The number of carbonyl (C=O) groups excluding carboxylic acids is 1. The molecule has 0 unspecified atom stereocenters. The summed E-state index contributed by atoms with van der Waals surface area (Å²) in [4.78, 5) is 17.1. The van der Waals surface area contributed by atoms with Gasteiger partial charge in [0.15, 0.2) is 11.5 Å². The lowest BCUT2D eigenvalue weighted by Crippen LogP contribution is -2.28. The van der Waals surface area contributed by atoms with Gasteiger partial charge >= 0.3 is 12.4 Å². The molecule has 1 aliphatic carbocycles. The molecule has 8 nitrogen and oxygen atoms in total. The van der Waals surface area contributed by atoms with Gasteiger partial charge in [0, 0.05) is 39.2 Å². The second-order valence-corrected chi connectivity index (χ2v) is 7.41. The summed E-state index contributed by atoms with van der Waals surface area (Å²) in [6.07, 6.45) is -0.397. The summed E-state index contributed by atoms with van der Waals surface area (Å²) < 4.78 is 49.0. The third kappa shape index (κ3) is 7.50. The first-order valence-electron chi connectivity index (χ1n) is 10.2. The van der Waals surface area contributed by atoms with E-state index in [1.54, 1.807) is 17.7 Å². The molecule has 1 heterocycles. The van der Waals surface area contributed by atoms with E-state index < -0.39 is 12.3 Å². The Morgan fingerprint density at radius 3 is 2.74 bits per heavy atom. The summed E-state index contributed by atoms with van der Waals surface area (Å²) >= 11 is 0. The number of aliphatic hydroxyl groups is 1. The number of ether oxygens (including phenoxy) is 2. The molecule has 0 atom stereocenters. The topological polar surface area (TPSA) is 97.6 Å². The number of carbonyl (C=O) groups is 1. The van der Waals surface area contributed by atoms with Crippen LogP contribution in [0.4, 0.5) is 19.0 Å². The lowest BCUT2D eigenvalue weighted by Gasteiger charge is -2.17. The second-order valence-electron chi connectivity index (χ2n) is 7.41. The maximum atomic E-state index is 12.8. The summed E-state index contributed by atoms with van der Waals surface area (Å²) in [5, 5.41) is 14.5. The number of alkyl halides is 3. The van der Waals surface area contributed by atoms with Crippen LogP contribution in [-0.4, -0.2) is 47.1 Å². The van der Waals surface area contributed by atoms with Crippen LogP contribution in [0, 0.1) is 5.92 Å². The van der Waals surface area contributed by atoms with Gasteiger partial charge in [-0.05, 0) is 31.3 Å². The third-order valence-electron chi connectivity index (χ3n) is 4.43. The minimum atomic E-state index is -4.77. The molecular formula is C20H29F3N4O4. The number of imidazole rings is 1. The van der Waals surface area contributed by atoms with Crippen molar-refractivity contribution in [1.29, 1.82) is 0 Å². The number of aromatic nitrogens is 2. The summed E-state index contributed by atoms with van der Waals surface area (Å²) in [5.74, 6) is 0.141. The summed E-state index contributed by atoms with van der Waals surface area (Å²) in [6, 6.07) is 0.0908. The molecule has 1 aromatic heterocycles. The molecule has 0 bridgehead atoms. The number of hydrogen-bond donors (Lipinski definition) is 3. The van der Waals surface area contributed by atoms with Crippen molar-refractivity contribution >= 4 is 11.7 Å². The molecule has 0 spiro atoms. The molecule has 174 valence electrons. The number of aliphatic hydroxyl groups excluding tert-OH is 1. The number of allylic oxidation sites excluding steroid dienone is 3. The van der Waals surface area contributed by atoms with Crippen molar-refractivity contribution in [2.24, 2.45) is 5.92 Å². The van der Waals surface area contributed by atoms with Gasteiger partial charge in [-0.2, -0.15) is 4.98 Å². The highest BCUT2D eigenvalue weighted by molar-refractivity contribution is 5.97. The predicted molar refractivity (Wildman–Crippen MR) is 108 cm³/mol. The number of nitrogens with one attached hydrogen (secondary N) is 2. The molecule has 1 aliphatic rings. The van der Waals surface area contributed by atoms with Gasteiger partial charge in [0.2, 0.25) is 0 Å². The summed E-state index contributed by atoms with van der Waals surface area (Å²) in [5.41, 5.74) is 0.253. The van der Waals surface area contributed by atoms with Crippen LogP contribution in [0.1, 0.15) is 50.0 Å². The first-order valence-corrected chi connectivity index (χ1v) is 10.2. The molecule has 3 N–H and O–H groups in total. The molecule has 0 aliphatic heterocycles. The van der Waals surface area contributed by atoms with Gasteiger partial charge in [-0.15, -0.1) is 13.2 Å². The third-order valence-corrected chi connectivity index (χ3v) is 4.43. The summed E-state index contributed by atoms with van der Waals surface area (Å²) in [6.45, 7) is 4.72. The Kier molecular flexibility index (Phi) is 8.78. The molecule has 2 rings (SSSR count). The zero-order valence-corrected chi connectivity index (χ0v) is 17.9. The van der Waals surface area contributed by atoms with E-state index in [1.165, 1.54) is 6.08 Å². The minimum absolute atomic E-state index is 0.0526. The fraction of sp³-hybridized carbons (Fsp3) is 0.600. The van der Waals surface area contributed by atoms with Crippen molar-refractivity contribution in [2.45, 2.75) is 52.4 Å². The Hall–Kier alpha value is -2.69. The van der Waals surface area contributed by atoms with Crippen LogP contribution in [0.3, 0.4) is 0 Å². The first-order chi connectivity index (χ1) is 14.6. The first kappa shape index (κ1) is 24.6. The minimum Gasteiger partial charge on any atom is -0.426 e. The van der Waals surface area contributed by atoms with E-state index in [0.717, 1.165) is 6.42 Å². The fourth-order valence-electron chi connectivity index (χ4n) is 2.93. The Balaban J connectivity index is 2.33. The lowest BCUT2D eigenvalue weighted by atomic mass is 10.1. The van der Waals surface area contributed by atoms with Crippen molar-refractivity contribution in [3.05, 3.63) is 29.4 Å². The fourth-order valence-corrected chi connectivity index (χ4v) is 2.93. The predicted octanol–water partition coefficient (Wildman–Crippen LogP) is 3.56. The Morgan fingerprint density at radius 2 is 2.13 bits per heavy atom. The van der Waals surface area contributed by atoms with Gasteiger partial charge in [-0.3, -0.25) is 9.36 Å². The number of amides is 1. The van der Waals surface area contributed by atoms with Gasteiger partial charge in [0.1, 0.15) is 11.5 Å². The van der Waals surface area contributed by atoms with E-state index >= 15 is 0 Å². The number of nitrogens with zero attached hydrogens (tertiary/aromatic N) is 2. The highest BCUT2D eigenvalue weighted by Gasteiger charge is 2.33. The second kappa shape index (κ2) is 11.1. The molecule has 0 fully saturated rings. The Bertz CT molecular complexity index is 816. The zero-order chi connectivity index (χ0) is 23.0. The SMILES string of the molecule is CNc1nc(OC2=CCCC(OC(F)(F)F)=C2)n(CCC(C)C)c1C(=O)NCCCO. The average molecular weight is 446 g/mol. The van der Waals surface area contributed by atoms with Crippen LogP contribution < -0.4 is 15.4 Å². The van der Waals surface area contributed by atoms with E-state index in [9.17, 15) is 18.0 Å². The molecule has 11 heteroatoms. The molecule has 0 saturated heterocycles. The van der Waals surface area contributed by atoms with E-state index in [2.05, 4.69) is 20.4 Å². The van der Waals surface area contributed by atoms with Gasteiger partial charge in [0.05, 0.1) is 0 Å². The monoisotopic (exact) mass is 446 g/mol. The van der Waals surface area contributed by atoms with Crippen molar-refractivity contribution in [3.8, 4) is 6.01 Å². The van der Waals surface area contributed by atoms with Crippen LogP contribution in [0.5, 0.6) is 6.01 Å². The number of halogens is 3. The molecular weight excluding hydrogens is 417 g/mol. The van der Waals surface area contributed by atoms with Crippen LogP contribution in [0.15, 0.2) is 23.7 Å². The van der Waals surface area contributed by atoms with Crippen molar-refractivity contribution in [2.75, 3.05) is 25.5 Å². The average Bonchev–Trinajstić information content (AvgIpc) is 3.02. The highest BCUT2D eigenvalue weighted by atomic mass is 19.4.